The fourth-order valence-corrected chi connectivity index (χ4v) is 11.0. The summed E-state index contributed by atoms with van der Waals surface area (Å²) in [6, 6.07) is 85.2. The van der Waals surface area contributed by atoms with E-state index in [1.165, 1.54) is 0 Å². The first-order valence-corrected chi connectivity index (χ1v) is 23.1. The fourth-order valence-electron chi connectivity index (χ4n) is 11.0. The molecule has 1 aliphatic heterocycles. The second-order valence-electron chi connectivity index (χ2n) is 17.6. The zero-order chi connectivity index (χ0) is 45.3. The SMILES string of the molecule is CN1c2ccc(N(c3ccccc3)c3ccccc3)cc2N(c2ccc(-c3ccc4c(c3)C(c3ccccc3)(c3ccccc3)c3ccccc3C4=O)cc2)c2ccc3oc4ccccc4c3c21. The maximum atomic E-state index is 14.5. The Hall–Kier alpha value is -8.93. The van der Waals surface area contributed by atoms with E-state index in [4.69, 9.17) is 4.42 Å². The maximum Gasteiger partial charge on any atom is 0.193 e. The van der Waals surface area contributed by atoms with Crippen LogP contribution in [0.2, 0.25) is 0 Å². The number of fused-ring (bicyclic) bond motifs is 8. The number of benzene rings is 10. The summed E-state index contributed by atoms with van der Waals surface area (Å²) in [5.41, 5.74) is 17.2. The van der Waals surface area contributed by atoms with Gasteiger partial charge in [0.05, 0.1) is 33.6 Å². The Labute approximate surface area is 395 Å². The van der Waals surface area contributed by atoms with Gasteiger partial charge < -0.3 is 19.1 Å². The number of anilines is 8. The van der Waals surface area contributed by atoms with Crippen LogP contribution in [0.1, 0.15) is 38.2 Å². The lowest BCUT2D eigenvalue weighted by molar-refractivity contribution is 0.103. The Morgan fingerprint density at radius 3 is 1.71 bits per heavy atom. The molecule has 0 unspecified atom stereocenters. The van der Waals surface area contributed by atoms with E-state index in [0.717, 1.165) is 112 Å². The highest BCUT2D eigenvalue weighted by molar-refractivity contribution is 6.18. The van der Waals surface area contributed by atoms with Crippen molar-refractivity contribution in [3.8, 4) is 11.1 Å². The summed E-state index contributed by atoms with van der Waals surface area (Å²) in [5, 5.41) is 2.16. The van der Waals surface area contributed by atoms with Crippen LogP contribution in [0.15, 0.2) is 247 Å². The van der Waals surface area contributed by atoms with Gasteiger partial charge in [0.15, 0.2) is 5.78 Å². The summed E-state index contributed by atoms with van der Waals surface area (Å²) >= 11 is 0. The van der Waals surface area contributed by atoms with Crippen molar-refractivity contribution in [2.45, 2.75) is 5.41 Å². The first kappa shape index (κ1) is 39.4. The number of nitrogens with zero attached hydrogens (tertiary/aromatic N) is 3. The van der Waals surface area contributed by atoms with E-state index in [1.54, 1.807) is 0 Å². The van der Waals surface area contributed by atoms with Crippen LogP contribution in [-0.4, -0.2) is 12.8 Å². The van der Waals surface area contributed by atoms with Crippen LogP contribution < -0.4 is 14.7 Å². The molecule has 0 atom stereocenters. The molecular formula is C63H43N3O2. The molecule has 5 nitrogen and oxygen atoms in total. The van der Waals surface area contributed by atoms with Crippen molar-refractivity contribution >= 4 is 73.2 Å². The average molecular weight is 874 g/mol. The molecular weight excluding hydrogens is 831 g/mol. The predicted octanol–water partition coefficient (Wildman–Crippen LogP) is 16.2. The highest BCUT2D eigenvalue weighted by Crippen LogP contribution is 2.57. The lowest BCUT2D eigenvalue weighted by atomic mass is 9.59. The van der Waals surface area contributed by atoms with Gasteiger partial charge in [0.1, 0.15) is 11.2 Å². The molecule has 2 heterocycles. The molecule has 0 radical (unpaired) electrons. The van der Waals surface area contributed by atoms with E-state index in [9.17, 15) is 4.79 Å². The van der Waals surface area contributed by atoms with E-state index < -0.39 is 5.41 Å². The van der Waals surface area contributed by atoms with Crippen molar-refractivity contribution in [1.82, 2.24) is 0 Å². The van der Waals surface area contributed by atoms with Crippen molar-refractivity contribution in [2.75, 3.05) is 21.7 Å². The Kier molecular flexibility index (Phi) is 9.05. The van der Waals surface area contributed by atoms with Crippen LogP contribution in [0.4, 0.5) is 45.5 Å². The molecule has 13 rings (SSSR count). The third-order valence-corrected chi connectivity index (χ3v) is 14.0. The third kappa shape index (κ3) is 5.92. The number of ketones is 1. The van der Waals surface area contributed by atoms with Gasteiger partial charge >= 0.3 is 0 Å². The molecule has 1 aliphatic carbocycles. The predicted molar refractivity (Wildman–Crippen MR) is 278 cm³/mol. The normalized spacial score (nSPS) is 13.5. The lowest BCUT2D eigenvalue weighted by Crippen LogP contribution is -2.38. The van der Waals surface area contributed by atoms with Crippen LogP contribution in [0.5, 0.6) is 0 Å². The minimum absolute atomic E-state index is 0.0457. The minimum Gasteiger partial charge on any atom is -0.456 e. The summed E-state index contributed by atoms with van der Waals surface area (Å²) in [4.78, 5) is 21.5. The van der Waals surface area contributed by atoms with Crippen LogP contribution in [0.25, 0.3) is 33.1 Å². The molecule has 5 heteroatoms. The molecule has 11 aromatic rings. The fraction of sp³-hybridized carbons (Fsp3) is 0.0317. The Balaban J connectivity index is 0.992. The van der Waals surface area contributed by atoms with E-state index >= 15 is 0 Å². The molecule has 0 fully saturated rings. The van der Waals surface area contributed by atoms with Crippen LogP contribution in [0.3, 0.4) is 0 Å². The van der Waals surface area contributed by atoms with Gasteiger partial charge in [0, 0.05) is 46.3 Å². The minimum atomic E-state index is -0.723. The van der Waals surface area contributed by atoms with Gasteiger partial charge in [-0.25, -0.2) is 0 Å². The highest BCUT2D eigenvalue weighted by atomic mass is 16.3. The molecule has 0 saturated carbocycles. The van der Waals surface area contributed by atoms with Crippen LogP contribution in [-0.2, 0) is 5.41 Å². The molecule has 2 aliphatic rings. The van der Waals surface area contributed by atoms with Crippen molar-refractivity contribution < 1.29 is 9.21 Å². The standard InChI is InChI=1S/C63H43N3O2/c1-64-55-37-35-49(65(46-22-10-4-11-23-46)47-24-12-5-13-25-47)41-57(55)66(56-38-39-59-60(61(56)64)52-27-15-17-29-58(52)68-59)48-33-30-42(31-34-48)43-32-36-51-54(40-43)63(44-18-6-2-7-19-44,45-20-8-3-9-21-45)53-28-16-14-26-50(53)62(51)67/h2-41H,1H3. The molecule has 0 bridgehead atoms. The lowest BCUT2D eigenvalue weighted by Gasteiger charge is -2.42. The van der Waals surface area contributed by atoms with Crippen LogP contribution >= 0.6 is 0 Å². The van der Waals surface area contributed by atoms with Gasteiger partial charge in [0.2, 0.25) is 0 Å². The topological polar surface area (TPSA) is 39.9 Å². The van der Waals surface area contributed by atoms with E-state index in [0.29, 0.717) is 0 Å². The largest absolute Gasteiger partial charge is 0.456 e. The first-order valence-electron chi connectivity index (χ1n) is 23.1. The van der Waals surface area contributed by atoms with Gasteiger partial charge in [-0.15, -0.1) is 0 Å². The monoisotopic (exact) mass is 873 g/mol. The summed E-state index contributed by atoms with van der Waals surface area (Å²) < 4.78 is 6.47. The molecule has 10 aromatic carbocycles. The first-order chi connectivity index (χ1) is 33.6. The van der Waals surface area contributed by atoms with Gasteiger partial charge in [-0.2, -0.15) is 0 Å². The third-order valence-electron chi connectivity index (χ3n) is 14.0. The average Bonchev–Trinajstić information content (AvgIpc) is 3.79. The Bertz CT molecular complexity index is 3640. The second kappa shape index (κ2) is 15.6. The number of carbonyl (C=O) groups is 1. The van der Waals surface area contributed by atoms with Crippen molar-refractivity contribution in [3.05, 3.63) is 276 Å². The van der Waals surface area contributed by atoms with E-state index in [-0.39, 0.29) is 5.78 Å². The second-order valence-corrected chi connectivity index (χ2v) is 17.6. The smallest absolute Gasteiger partial charge is 0.193 e. The van der Waals surface area contributed by atoms with Gasteiger partial charge in [-0.1, -0.05) is 164 Å². The zero-order valence-electron chi connectivity index (χ0n) is 37.3. The van der Waals surface area contributed by atoms with Crippen LogP contribution in [0, 0.1) is 0 Å². The number of carbonyl (C=O) groups excluding carboxylic acids is 1. The van der Waals surface area contributed by atoms with Crippen molar-refractivity contribution in [2.24, 2.45) is 0 Å². The molecule has 0 amide bonds. The Morgan fingerprint density at radius 1 is 0.441 bits per heavy atom. The van der Waals surface area contributed by atoms with E-state index in [1.807, 2.05) is 30.3 Å². The van der Waals surface area contributed by atoms with Crippen molar-refractivity contribution in [1.29, 1.82) is 0 Å². The number of hydrogen-bond acceptors (Lipinski definition) is 5. The summed E-state index contributed by atoms with van der Waals surface area (Å²) in [5.74, 6) is 0.0457. The number of para-hydroxylation sites is 3. The van der Waals surface area contributed by atoms with Crippen molar-refractivity contribution in [3.63, 3.8) is 0 Å². The highest BCUT2D eigenvalue weighted by Gasteiger charge is 2.46. The van der Waals surface area contributed by atoms with Gasteiger partial charge in [-0.3, -0.25) is 4.79 Å². The number of furan rings is 1. The maximum absolute atomic E-state index is 14.5. The summed E-state index contributed by atoms with van der Waals surface area (Å²) in [7, 11) is 2.16. The molecule has 0 N–H and O–H groups in total. The molecule has 68 heavy (non-hydrogen) atoms. The molecule has 1 aromatic heterocycles. The summed E-state index contributed by atoms with van der Waals surface area (Å²) in [6.45, 7) is 0. The zero-order valence-corrected chi connectivity index (χ0v) is 37.3. The van der Waals surface area contributed by atoms with Gasteiger partial charge in [-0.05, 0) is 112 Å². The molecule has 322 valence electrons. The number of rotatable bonds is 7. The molecule has 0 spiro atoms. The van der Waals surface area contributed by atoms with E-state index in [2.05, 4.69) is 234 Å². The Morgan fingerprint density at radius 2 is 1.01 bits per heavy atom. The quantitative estimate of drug-likeness (QED) is 0.160. The number of hydrogen-bond donors (Lipinski definition) is 0. The molecule has 0 saturated heterocycles. The van der Waals surface area contributed by atoms with Gasteiger partial charge in [0.25, 0.3) is 0 Å². The summed E-state index contributed by atoms with van der Waals surface area (Å²) in [6.07, 6.45) is 0.